The Morgan fingerprint density at radius 1 is 0.350 bits per heavy atom. The third-order valence-electron chi connectivity index (χ3n) is 11.4. The van der Waals surface area contributed by atoms with Gasteiger partial charge in [-0.05, 0) is 78.9 Å². The lowest BCUT2D eigenvalue weighted by atomic mass is 9.97. The lowest BCUT2D eigenvalue weighted by Crippen LogP contribution is -2.03. The Kier molecular flexibility index (Phi) is 8.15. The lowest BCUT2D eigenvalue weighted by Gasteiger charge is -2.19. The van der Waals surface area contributed by atoms with Crippen molar-refractivity contribution in [3.63, 3.8) is 0 Å². The molecule has 3 aromatic heterocycles. The number of hydrogen-bond acceptors (Lipinski definition) is 4. The number of aromatic nitrogens is 4. The maximum absolute atomic E-state index is 9.96. The summed E-state index contributed by atoms with van der Waals surface area (Å²) in [5, 5.41) is 24.1. The monoisotopic (exact) mass is 764 g/mol. The molecule has 0 amide bonds. The quantitative estimate of drug-likeness (QED) is 0.169. The molecule has 0 N–H and O–H groups in total. The van der Waals surface area contributed by atoms with Gasteiger partial charge >= 0.3 is 0 Å². The van der Waals surface area contributed by atoms with Gasteiger partial charge in [0.2, 0.25) is 0 Å². The number of para-hydroxylation sites is 3. The van der Waals surface area contributed by atoms with Crippen LogP contribution in [0.2, 0.25) is 0 Å². The van der Waals surface area contributed by atoms with Crippen LogP contribution >= 0.6 is 0 Å². The van der Waals surface area contributed by atoms with E-state index in [0.29, 0.717) is 17.0 Å². The van der Waals surface area contributed by atoms with E-state index in [2.05, 4.69) is 143 Å². The van der Waals surface area contributed by atoms with Crippen LogP contribution in [0.4, 0.5) is 0 Å². The molecule has 11 rings (SSSR count). The lowest BCUT2D eigenvalue weighted by molar-refractivity contribution is 1.15. The summed E-state index contributed by atoms with van der Waals surface area (Å²) >= 11 is 0. The second-order valence-corrected chi connectivity index (χ2v) is 14.8. The minimum atomic E-state index is 0.556. The summed E-state index contributed by atoms with van der Waals surface area (Å²) < 4.78 is 4.62. The molecule has 0 atom stereocenters. The number of hydrogen-bond donors (Lipinski definition) is 0. The number of benzene rings is 8. The van der Waals surface area contributed by atoms with Gasteiger partial charge in [-0.1, -0.05) is 115 Å². The summed E-state index contributed by atoms with van der Waals surface area (Å²) in [5.74, 6) is 0.608. The fourth-order valence-electron chi connectivity index (χ4n) is 8.68. The fourth-order valence-corrected chi connectivity index (χ4v) is 8.68. The minimum absolute atomic E-state index is 0.556. The molecule has 0 aliphatic heterocycles. The van der Waals surface area contributed by atoms with Gasteiger partial charge in [-0.15, -0.1) is 0 Å². The molecule has 0 aliphatic carbocycles. The second kappa shape index (κ2) is 14.1. The van der Waals surface area contributed by atoms with Crippen LogP contribution in [-0.2, 0) is 0 Å². The normalized spacial score (nSPS) is 11.3. The van der Waals surface area contributed by atoms with E-state index in [0.717, 1.165) is 83.4 Å². The molecule has 0 radical (unpaired) electrons. The van der Waals surface area contributed by atoms with Crippen LogP contribution in [0.15, 0.2) is 194 Å². The van der Waals surface area contributed by atoms with E-state index < -0.39 is 0 Å². The molecule has 0 spiro atoms. The largest absolute Gasteiger partial charge is 0.309 e. The summed E-state index contributed by atoms with van der Waals surface area (Å²) in [7, 11) is 0. The van der Waals surface area contributed by atoms with E-state index in [1.54, 1.807) is 0 Å². The molecule has 60 heavy (non-hydrogen) atoms. The van der Waals surface area contributed by atoms with Crippen LogP contribution in [0.5, 0.6) is 0 Å². The first kappa shape index (κ1) is 34.7. The predicted octanol–water partition coefficient (Wildman–Crippen LogP) is 13.1. The summed E-state index contributed by atoms with van der Waals surface area (Å²) in [6.07, 6.45) is 0. The Labute approximate surface area is 345 Å². The second-order valence-electron chi connectivity index (χ2n) is 14.8. The first-order valence-electron chi connectivity index (χ1n) is 19.8. The molecule has 0 saturated carbocycles. The molecular formula is C54H32N6. The molecule has 278 valence electrons. The topological polar surface area (TPSA) is 83.2 Å². The van der Waals surface area contributed by atoms with Gasteiger partial charge in [0.1, 0.15) is 0 Å². The molecule has 3 heterocycles. The number of nitriles is 2. The van der Waals surface area contributed by atoms with Gasteiger partial charge in [0.05, 0.1) is 68.1 Å². The molecular weight excluding hydrogens is 733 g/mol. The van der Waals surface area contributed by atoms with Crippen LogP contribution in [0.25, 0.3) is 100 Å². The third kappa shape index (κ3) is 5.63. The smallest absolute Gasteiger partial charge is 0.160 e. The van der Waals surface area contributed by atoms with Crippen molar-refractivity contribution in [1.82, 2.24) is 19.1 Å². The van der Waals surface area contributed by atoms with Crippen molar-refractivity contribution in [3.05, 3.63) is 205 Å². The molecule has 0 fully saturated rings. The van der Waals surface area contributed by atoms with Crippen molar-refractivity contribution in [3.8, 4) is 68.5 Å². The highest BCUT2D eigenvalue weighted by Crippen LogP contribution is 2.42. The zero-order valence-corrected chi connectivity index (χ0v) is 32.2. The van der Waals surface area contributed by atoms with Crippen LogP contribution in [0, 0.1) is 22.7 Å². The first-order chi connectivity index (χ1) is 29.7. The first-order valence-corrected chi connectivity index (χ1v) is 19.8. The van der Waals surface area contributed by atoms with E-state index in [4.69, 9.17) is 9.97 Å². The summed E-state index contributed by atoms with van der Waals surface area (Å²) in [5.41, 5.74) is 13.7. The Balaban J connectivity index is 1.24. The molecule has 0 bridgehead atoms. The van der Waals surface area contributed by atoms with Crippen LogP contribution in [-0.4, -0.2) is 19.1 Å². The number of nitrogens with zero attached hydrogens (tertiary/aromatic N) is 6. The molecule has 6 nitrogen and oxygen atoms in total. The highest BCUT2D eigenvalue weighted by molar-refractivity contribution is 6.12. The van der Waals surface area contributed by atoms with Crippen molar-refractivity contribution >= 4 is 43.6 Å². The zero-order valence-electron chi connectivity index (χ0n) is 32.2. The molecule has 11 aromatic rings. The average molecular weight is 765 g/mol. The van der Waals surface area contributed by atoms with E-state index in [1.807, 2.05) is 72.8 Å². The van der Waals surface area contributed by atoms with Crippen molar-refractivity contribution in [2.45, 2.75) is 0 Å². The van der Waals surface area contributed by atoms with Crippen LogP contribution in [0.3, 0.4) is 0 Å². The van der Waals surface area contributed by atoms with E-state index in [1.165, 1.54) is 10.8 Å². The Hall–Kier alpha value is -8.58. The molecule has 0 unspecified atom stereocenters. The van der Waals surface area contributed by atoms with Gasteiger partial charge in [0.25, 0.3) is 0 Å². The standard InChI is InChI=1S/C54H32N6/c55-33-35-23-26-51-43(29-35)44-30-36(34-56)24-27-52(44)60(51)53-28-25-39(54-57-46(37-13-3-1-4-14-37)32-47(58-54)38-15-5-2-6-16-38)31-45(53)42-19-9-12-22-50(42)59-48-20-10-7-17-40(48)41-18-8-11-21-49(41)59/h1-32H. The average Bonchev–Trinajstić information content (AvgIpc) is 3.83. The van der Waals surface area contributed by atoms with Gasteiger partial charge in [0, 0.05) is 49.4 Å². The fraction of sp³-hybridized carbons (Fsp3) is 0. The van der Waals surface area contributed by atoms with E-state index in [9.17, 15) is 10.5 Å². The molecule has 8 aromatic carbocycles. The minimum Gasteiger partial charge on any atom is -0.309 e. The third-order valence-corrected chi connectivity index (χ3v) is 11.4. The summed E-state index contributed by atoms with van der Waals surface area (Å²) in [4.78, 5) is 10.5. The van der Waals surface area contributed by atoms with Gasteiger partial charge < -0.3 is 9.13 Å². The highest BCUT2D eigenvalue weighted by Gasteiger charge is 2.22. The maximum atomic E-state index is 9.96. The van der Waals surface area contributed by atoms with Gasteiger partial charge in [-0.3, -0.25) is 0 Å². The van der Waals surface area contributed by atoms with E-state index >= 15 is 0 Å². The van der Waals surface area contributed by atoms with Crippen LogP contribution in [0.1, 0.15) is 11.1 Å². The van der Waals surface area contributed by atoms with Gasteiger partial charge in [0.15, 0.2) is 5.82 Å². The Bertz CT molecular complexity index is 3380. The van der Waals surface area contributed by atoms with Gasteiger partial charge in [-0.25, -0.2) is 9.97 Å². The van der Waals surface area contributed by atoms with Crippen molar-refractivity contribution in [2.75, 3.05) is 0 Å². The summed E-state index contributed by atoms with van der Waals surface area (Å²) in [6, 6.07) is 70.9. The zero-order chi connectivity index (χ0) is 40.2. The predicted molar refractivity (Wildman–Crippen MR) is 242 cm³/mol. The molecule has 0 saturated heterocycles. The van der Waals surface area contributed by atoms with E-state index in [-0.39, 0.29) is 0 Å². The van der Waals surface area contributed by atoms with Gasteiger partial charge in [-0.2, -0.15) is 10.5 Å². The van der Waals surface area contributed by atoms with Crippen molar-refractivity contribution in [1.29, 1.82) is 10.5 Å². The summed E-state index contributed by atoms with van der Waals surface area (Å²) in [6.45, 7) is 0. The number of rotatable bonds is 6. The molecule has 0 aliphatic rings. The van der Waals surface area contributed by atoms with Crippen molar-refractivity contribution in [2.24, 2.45) is 0 Å². The maximum Gasteiger partial charge on any atom is 0.160 e. The highest BCUT2D eigenvalue weighted by atomic mass is 15.0. The SMILES string of the molecule is N#Cc1ccc2c(c1)c1cc(C#N)ccc1n2-c1ccc(-c2nc(-c3ccccc3)cc(-c3ccccc3)n2)cc1-c1ccccc1-n1c2ccccc2c2ccccc21. The Morgan fingerprint density at radius 3 is 1.37 bits per heavy atom. The Morgan fingerprint density at radius 2 is 0.817 bits per heavy atom. The molecule has 6 heteroatoms. The van der Waals surface area contributed by atoms with Crippen molar-refractivity contribution < 1.29 is 0 Å². The number of fused-ring (bicyclic) bond motifs is 6. The van der Waals surface area contributed by atoms with Crippen LogP contribution < -0.4 is 0 Å².